The van der Waals surface area contributed by atoms with Crippen LogP contribution in [0.5, 0.6) is 0 Å². The molecule has 1 aliphatic carbocycles. The SMILES string of the molecule is COC(=O)CCCN(C)C(=O)[C@@H]1CC[C@H](C(=O)O)C1. The molecule has 6 heteroatoms. The van der Waals surface area contributed by atoms with Crippen LogP contribution in [-0.2, 0) is 19.1 Å². The van der Waals surface area contributed by atoms with Crippen LogP contribution in [-0.4, -0.2) is 48.6 Å². The lowest BCUT2D eigenvalue weighted by Gasteiger charge is -2.20. The van der Waals surface area contributed by atoms with Crippen LogP contribution < -0.4 is 0 Å². The molecule has 0 unspecified atom stereocenters. The predicted molar refractivity (Wildman–Crippen MR) is 67.4 cm³/mol. The van der Waals surface area contributed by atoms with Crippen LogP contribution in [0.15, 0.2) is 0 Å². The molecule has 1 aliphatic rings. The molecule has 1 amide bonds. The number of carboxylic acids is 1. The number of carboxylic acid groups (broad SMARTS) is 1. The Morgan fingerprint density at radius 3 is 2.42 bits per heavy atom. The third kappa shape index (κ3) is 4.54. The number of methoxy groups -OCH3 is 1. The molecule has 19 heavy (non-hydrogen) atoms. The summed E-state index contributed by atoms with van der Waals surface area (Å²) in [5.41, 5.74) is 0. The molecule has 0 aromatic heterocycles. The highest BCUT2D eigenvalue weighted by Crippen LogP contribution is 2.32. The Labute approximate surface area is 112 Å². The molecule has 0 bridgehead atoms. The number of rotatable bonds is 6. The van der Waals surface area contributed by atoms with Crippen molar-refractivity contribution in [2.24, 2.45) is 11.8 Å². The monoisotopic (exact) mass is 271 g/mol. The largest absolute Gasteiger partial charge is 0.481 e. The maximum Gasteiger partial charge on any atom is 0.306 e. The van der Waals surface area contributed by atoms with Crippen LogP contribution in [0.1, 0.15) is 32.1 Å². The highest BCUT2D eigenvalue weighted by atomic mass is 16.5. The fourth-order valence-corrected chi connectivity index (χ4v) is 2.41. The van der Waals surface area contributed by atoms with E-state index in [0.717, 1.165) is 0 Å². The van der Waals surface area contributed by atoms with E-state index in [1.807, 2.05) is 0 Å². The molecule has 1 fully saturated rings. The molecule has 0 radical (unpaired) electrons. The summed E-state index contributed by atoms with van der Waals surface area (Å²) in [4.78, 5) is 35.4. The number of hydrogen-bond acceptors (Lipinski definition) is 4. The number of nitrogens with zero attached hydrogens (tertiary/aromatic N) is 1. The lowest BCUT2D eigenvalue weighted by molar-refractivity contribution is -0.143. The first-order valence-corrected chi connectivity index (χ1v) is 6.50. The second kappa shape index (κ2) is 7.11. The quantitative estimate of drug-likeness (QED) is 0.726. The molecule has 0 heterocycles. The zero-order valence-corrected chi connectivity index (χ0v) is 11.4. The summed E-state index contributed by atoms with van der Waals surface area (Å²) in [6.45, 7) is 0.488. The topological polar surface area (TPSA) is 83.9 Å². The van der Waals surface area contributed by atoms with Crippen molar-refractivity contribution < 1.29 is 24.2 Å². The Morgan fingerprint density at radius 1 is 1.26 bits per heavy atom. The van der Waals surface area contributed by atoms with Gasteiger partial charge in [-0.3, -0.25) is 14.4 Å². The number of esters is 1. The summed E-state index contributed by atoms with van der Waals surface area (Å²) >= 11 is 0. The Kier molecular flexibility index (Phi) is 5.79. The molecule has 0 saturated heterocycles. The highest BCUT2D eigenvalue weighted by Gasteiger charge is 2.34. The van der Waals surface area contributed by atoms with Gasteiger partial charge in [-0.25, -0.2) is 0 Å². The second-order valence-electron chi connectivity index (χ2n) is 4.98. The van der Waals surface area contributed by atoms with Crippen molar-refractivity contribution >= 4 is 17.8 Å². The molecule has 0 aromatic carbocycles. The third-order valence-electron chi connectivity index (χ3n) is 3.61. The molecule has 6 nitrogen and oxygen atoms in total. The van der Waals surface area contributed by atoms with Gasteiger partial charge in [-0.05, 0) is 25.7 Å². The van der Waals surface area contributed by atoms with Gasteiger partial charge in [-0.15, -0.1) is 0 Å². The van der Waals surface area contributed by atoms with E-state index in [-0.39, 0.29) is 24.2 Å². The minimum absolute atomic E-state index is 0.0198. The molecule has 1 N–H and O–H groups in total. The molecule has 1 saturated carbocycles. The molecule has 0 aromatic rings. The van der Waals surface area contributed by atoms with Gasteiger partial charge >= 0.3 is 11.9 Å². The second-order valence-corrected chi connectivity index (χ2v) is 4.98. The minimum Gasteiger partial charge on any atom is -0.481 e. The minimum atomic E-state index is -0.816. The van der Waals surface area contributed by atoms with Gasteiger partial charge in [0.05, 0.1) is 13.0 Å². The fourth-order valence-electron chi connectivity index (χ4n) is 2.41. The van der Waals surface area contributed by atoms with E-state index in [2.05, 4.69) is 4.74 Å². The first-order valence-electron chi connectivity index (χ1n) is 6.50. The maximum absolute atomic E-state index is 12.1. The van der Waals surface area contributed by atoms with Crippen LogP contribution in [0.3, 0.4) is 0 Å². The average Bonchev–Trinajstić information content (AvgIpc) is 2.87. The summed E-state index contributed by atoms with van der Waals surface area (Å²) in [6.07, 6.45) is 2.48. The van der Waals surface area contributed by atoms with Gasteiger partial charge in [0.1, 0.15) is 0 Å². The van der Waals surface area contributed by atoms with Crippen LogP contribution in [0.25, 0.3) is 0 Å². The third-order valence-corrected chi connectivity index (χ3v) is 3.61. The van der Waals surface area contributed by atoms with E-state index in [0.29, 0.717) is 32.2 Å². The molecule has 0 spiro atoms. The maximum atomic E-state index is 12.1. The zero-order valence-electron chi connectivity index (χ0n) is 11.4. The van der Waals surface area contributed by atoms with Crippen LogP contribution in [0.4, 0.5) is 0 Å². The van der Waals surface area contributed by atoms with E-state index in [9.17, 15) is 14.4 Å². The van der Waals surface area contributed by atoms with Crippen LogP contribution >= 0.6 is 0 Å². The summed E-state index contributed by atoms with van der Waals surface area (Å²) in [5, 5.41) is 8.90. The van der Waals surface area contributed by atoms with Crippen molar-refractivity contribution in [3.63, 3.8) is 0 Å². The summed E-state index contributed by atoms with van der Waals surface area (Å²) < 4.78 is 4.53. The molecule has 108 valence electrons. The van der Waals surface area contributed by atoms with E-state index >= 15 is 0 Å². The molecular weight excluding hydrogens is 250 g/mol. The number of carbonyl (C=O) groups is 3. The van der Waals surface area contributed by atoms with Crippen LogP contribution in [0, 0.1) is 11.8 Å². The van der Waals surface area contributed by atoms with Gasteiger partial charge in [-0.1, -0.05) is 0 Å². The standard InChI is InChI=1S/C13H21NO5/c1-14(7-3-4-11(15)19-2)12(16)9-5-6-10(8-9)13(17)18/h9-10H,3-8H2,1-2H3,(H,17,18)/t9-,10+/m1/s1. The average molecular weight is 271 g/mol. The van der Waals surface area contributed by atoms with E-state index < -0.39 is 11.9 Å². The number of hydrogen-bond donors (Lipinski definition) is 1. The van der Waals surface area contributed by atoms with Crippen molar-refractivity contribution in [1.29, 1.82) is 0 Å². The Hall–Kier alpha value is -1.59. The normalized spacial score (nSPS) is 22.0. The summed E-state index contributed by atoms with van der Waals surface area (Å²) in [6, 6.07) is 0. The number of carbonyl (C=O) groups excluding carboxylic acids is 2. The van der Waals surface area contributed by atoms with Gasteiger partial charge in [-0.2, -0.15) is 0 Å². The number of amides is 1. The van der Waals surface area contributed by atoms with E-state index in [1.54, 1.807) is 11.9 Å². The van der Waals surface area contributed by atoms with Crippen molar-refractivity contribution in [2.75, 3.05) is 20.7 Å². The molecule has 1 rings (SSSR count). The number of ether oxygens (including phenoxy) is 1. The van der Waals surface area contributed by atoms with Crippen molar-refractivity contribution in [1.82, 2.24) is 4.90 Å². The van der Waals surface area contributed by atoms with Crippen molar-refractivity contribution in [3.8, 4) is 0 Å². The van der Waals surface area contributed by atoms with Gasteiger partial charge in [0.2, 0.25) is 5.91 Å². The Balaban J connectivity index is 2.33. The summed E-state index contributed by atoms with van der Waals surface area (Å²) in [7, 11) is 3.02. The predicted octanol–water partition coefficient (Wildman–Crippen LogP) is 0.899. The molecular formula is C13H21NO5. The Morgan fingerprint density at radius 2 is 1.89 bits per heavy atom. The highest BCUT2D eigenvalue weighted by molar-refractivity contribution is 5.80. The summed E-state index contributed by atoms with van der Waals surface area (Å²) in [5.74, 6) is -1.70. The van der Waals surface area contributed by atoms with Crippen LogP contribution in [0.2, 0.25) is 0 Å². The zero-order chi connectivity index (χ0) is 14.4. The number of aliphatic carboxylic acids is 1. The van der Waals surface area contributed by atoms with Gasteiger partial charge in [0, 0.05) is 25.9 Å². The fraction of sp³-hybridized carbons (Fsp3) is 0.769. The first-order chi connectivity index (χ1) is 8.95. The molecule has 2 atom stereocenters. The Bertz CT molecular complexity index is 355. The lowest BCUT2D eigenvalue weighted by Crippen LogP contribution is -2.33. The van der Waals surface area contributed by atoms with Crippen molar-refractivity contribution in [3.05, 3.63) is 0 Å². The van der Waals surface area contributed by atoms with E-state index in [4.69, 9.17) is 5.11 Å². The van der Waals surface area contributed by atoms with Gasteiger partial charge < -0.3 is 14.7 Å². The van der Waals surface area contributed by atoms with Gasteiger partial charge in [0.15, 0.2) is 0 Å². The van der Waals surface area contributed by atoms with Gasteiger partial charge in [0.25, 0.3) is 0 Å². The molecule has 0 aliphatic heterocycles. The van der Waals surface area contributed by atoms with Crippen molar-refractivity contribution in [2.45, 2.75) is 32.1 Å². The first kappa shape index (κ1) is 15.5. The lowest BCUT2D eigenvalue weighted by atomic mass is 10.0. The van der Waals surface area contributed by atoms with E-state index in [1.165, 1.54) is 7.11 Å². The smallest absolute Gasteiger partial charge is 0.306 e.